The molecule has 2 aromatic carbocycles. The lowest BCUT2D eigenvalue weighted by molar-refractivity contribution is -0.131. The quantitative estimate of drug-likeness (QED) is 0.652. The van der Waals surface area contributed by atoms with Crippen LogP contribution >= 0.6 is 0 Å². The van der Waals surface area contributed by atoms with Gasteiger partial charge in [0.05, 0.1) is 0 Å². The molecule has 0 bridgehead atoms. The highest BCUT2D eigenvalue weighted by atomic mass is 16.4. The number of carbonyl (C=O) groups is 1. The molecule has 18 heavy (non-hydrogen) atoms. The van der Waals surface area contributed by atoms with Gasteiger partial charge in [-0.3, -0.25) is 0 Å². The van der Waals surface area contributed by atoms with E-state index in [1.807, 2.05) is 24.3 Å². The van der Waals surface area contributed by atoms with Gasteiger partial charge in [0.15, 0.2) is 0 Å². The number of aliphatic carboxylic acids is 1. The van der Waals surface area contributed by atoms with Gasteiger partial charge in [0.1, 0.15) is 0 Å². The Morgan fingerprint density at radius 2 is 1.83 bits per heavy atom. The molecular formula is C16H14O2. The van der Waals surface area contributed by atoms with Crippen molar-refractivity contribution in [3.8, 4) is 0 Å². The second-order valence-corrected chi connectivity index (χ2v) is 4.08. The number of rotatable bonds is 3. The van der Waals surface area contributed by atoms with Crippen LogP contribution in [0.1, 0.15) is 11.1 Å². The summed E-state index contributed by atoms with van der Waals surface area (Å²) in [5.41, 5.74) is 2.32. The van der Waals surface area contributed by atoms with Crippen LogP contribution in [-0.2, 0) is 4.79 Å². The molecule has 0 aliphatic carbocycles. The number of benzene rings is 2. The molecular weight excluding hydrogens is 224 g/mol. The highest BCUT2D eigenvalue weighted by molar-refractivity contribution is 5.93. The van der Waals surface area contributed by atoms with Crippen molar-refractivity contribution in [3.05, 3.63) is 65.8 Å². The summed E-state index contributed by atoms with van der Waals surface area (Å²) in [6.45, 7) is 2.08. The van der Waals surface area contributed by atoms with Crippen LogP contribution in [0.25, 0.3) is 16.8 Å². The molecule has 2 aromatic rings. The zero-order valence-electron chi connectivity index (χ0n) is 10.1. The van der Waals surface area contributed by atoms with Gasteiger partial charge in [-0.25, -0.2) is 4.79 Å². The van der Waals surface area contributed by atoms with Gasteiger partial charge in [-0.1, -0.05) is 54.6 Å². The Bertz CT molecular complexity index is 631. The third-order valence-corrected chi connectivity index (χ3v) is 2.77. The van der Waals surface area contributed by atoms with Gasteiger partial charge in [0, 0.05) is 6.08 Å². The molecule has 0 unspecified atom stereocenters. The molecule has 0 spiro atoms. The van der Waals surface area contributed by atoms with Crippen LogP contribution in [0.2, 0.25) is 0 Å². The molecule has 0 radical (unpaired) electrons. The van der Waals surface area contributed by atoms with E-state index in [0.29, 0.717) is 0 Å². The summed E-state index contributed by atoms with van der Waals surface area (Å²) < 4.78 is 0. The fraction of sp³-hybridized carbons (Fsp3) is 0.0625. The molecule has 2 rings (SSSR count). The third kappa shape index (κ3) is 2.66. The summed E-state index contributed by atoms with van der Waals surface area (Å²) in [6.07, 6.45) is 6.32. The van der Waals surface area contributed by atoms with Crippen LogP contribution in [0.15, 0.2) is 54.6 Å². The van der Waals surface area contributed by atoms with Crippen LogP contribution in [-0.4, -0.2) is 11.1 Å². The van der Waals surface area contributed by atoms with Gasteiger partial charge in [0.2, 0.25) is 0 Å². The van der Waals surface area contributed by atoms with Crippen molar-refractivity contribution >= 4 is 22.8 Å². The smallest absolute Gasteiger partial charge is 0.328 e. The predicted octanol–water partition coefficient (Wildman–Crippen LogP) is 3.80. The van der Waals surface area contributed by atoms with E-state index in [2.05, 4.69) is 25.1 Å². The van der Waals surface area contributed by atoms with Gasteiger partial charge in [-0.05, 0) is 28.8 Å². The van der Waals surface area contributed by atoms with Crippen molar-refractivity contribution in [3.63, 3.8) is 0 Å². The maximum absolute atomic E-state index is 10.4. The van der Waals surface area contributed by atoms with Gasteiger partial charge in [0.25, 0.3) is 0 Å². The Morgan fingerprint density at radius 3 is 2.56 bits per heavy atom. The highest BCUT2D eigenvalue weighted by Crippen LogP contribution is 2.23. The maximum atomic E-state index is 10.4. The molecule has 2 heteroatoms. The van der Waals surface area contributed by atoms with Crippen molar-refractivity contribution < 1.29 is 9.90 Å². The second kappa shape index (κ2) is 5.32. The number of carboxylic acids is 1. The van der Waals surface area contributed by atoms with Crippen molar-refractivity contribution in [2.45, 2.75) is 6.92 Å². The number of fused-ring (bicyclic) bond motifs is 1. The Labute approximate surface area is 106 Å². The van der Waals surface area contributed by atoms with Crippen molar-refractivity contribution in [1.29, 1.82) is 0 Å². The summed E-state index contributed by atoms with van der Waals surface area (Å²) in [4.78, 5) is 10.4. The van der Waals surface area contributed by atoms with Crippen molar-refractivity contribution in [1.82, 2.24) is 0 Å². The van der Waals surface area contributed by atoms with Crippen molar-refractivity contribution in [2.24, 2.45) is 0 Å². The largest absolute Gasteiger partial charge is 0.478 e. The fourth-order valence-electron chi connectivity index (χ4n) is 2.00. The molecule has 1 N–H and O–H groups in total. The maximum Gasteiger partial charge on any atom is 0.328 e. The average Bonchev–Trinajstić information content (AvgIpc) is 2.34. The first-order valence-corrected chi connectivity index (χ1v) is 5.74. The molecule has 90 valence electrons. The van der Waals surface area contributed by atoms with E-state index in [4.69, 9.17) is 5.11 Å². The van der Waals surface area contributed by atoms with E-state index >= 15 is 0 Å². The van der Waals surface area contributed by atoms with Gasteiger partial charge in [-0.2, -0.15) is 0 Å². The average molecular weight is 238 g/mol. The standard InChI is InChI=1S/C16H14O2/c1-12-6-4-8-14-10-5-9-13(16(12)14)7-2-3-11-15(17)18/h2-11H,1H3,(H,17,18)/b7-2+,11-3+. The molecule has 0 aliphatic heterocycles. The number of hydrogen-bond acceptors (Lipinski definition) is 1. The van der Waals surface area contributed by atoms with Crippen LogP contribution < -0.4 is 0 Å². The van der Waals surface area contributed by atoms with E-state index in [1.165, 1.54) is 22.4 Å². The molecule has 0 aliphatic rings. The lowest BCUT2D eigenvalue weighted by atomic mass is 10.00. The van der Waals surface area contributed by atoms with Gasteiger partial charge >= 0.3 is 5.97 Å². The Hall–Kier alpha value is -2.35. The minimum atomic E-state index is -0.936. The normalized spacial score (nSPS) is 11.6. The summed E-state index contributed by atoms with van der Waals surface area (Å²) >= 11 is 0. The molecule has 0 amide bonds. The number of hydrogen-bond donors (Lipinski definition) is 1. The number of allylic oxidation sites excluding steroid dienone is 2. The zero-order chi connectivity index (χ0) is 13.0. The third-order valence-electron chi connectivity index (χ3n) is 2.77. The molecule has 2 nitrogen and oxygen atoms in total. The minimum Gasteiger partial charge on any atom is -0.478 e. The Morgan fingerprint density at radius 1 is 1.11 bits per heavy atom. The summed E-state index contributed by atoms with van der Waals surface area (Å²) in [5, 5.41) is 10.9. The van der Waals surface area contributed by atoms with E-state index < -0.39 is 5.97 Å². The second-order valence-electron chi connectivity index (χ2n) is 4.08. The van der Waals surface area contributed by atoms with Gasteiger partial charge < -0.3 is 5.11 Å². The first-order chi connectivity index (χ1) is 8.68. The van der Waals surface area contributed by atoms with E-state index in [9.17, 15) is 4.79 Å². The Balaban J connectivity index is 2.42. The minimum absolute atomic E-state index is 0.936. The first kappa shape index (κ1) is 12.1. The first-order valence-electron chi connectivity index (χ1n) is 5.74. The highest BCUT2D eigenvalue weighted by Gasteiger charge is 1.99. The summed E-state index contributed by atoms with van der Waals surface area (Å²) in [6, 6.07) is 12.3. The summed E-state index contributed by atoms with van der Waals surface area (Å²) in [7, 11) is 0. The zero-order valence-corrected chi connectivity index (χ0v) is 10.1. The van der Waals surface area contributed by atoms with E-state index in [1.54, 1.807) is 6.08 Å². The topological polar surface area (TPSA) is 37.3 Å². The SMILES string of the molecule is Cc1cccc2cccc(/C=C/C=C/C(=O)O)c12. The van der Waals surface area contributed by atoms with Crippen molar-refractivity contribution in [2.75, 3.05) is 0 Å². The molecule has 0 saturated heterocycles. The van der Waals surface area contributed by atoms with E-state index in [0.717, 1.165) is 11.6 Å². The van der Waals surface area contributed by atoms with Crippen LogP contribution in [0, 0.1) is 6.92 Å². The lowest BCUT2D eigenvalue weighted by Crippen LogP contribution is -1.84. The van der Waals surface area contributed by atoms with Crippen LogP contribution in [0.3, 0.4) is 0 Å². The Kier molecular flexibility index (Phi) is 3.58. The predicted molar refractivity (Wildman–Crippen MR) is 74.5 cm³/mol. The molecule has 0 aromatic heterocycles. The molecule has 0 heterocycles. The van der Waals surface area contributed by atoms with E-state index in [-0.39, 0.29) is 0 Å². The lowest BCUT2D eigenvalue weighted by Gasteiger charge is -2.05. The van der Waals surface area contributed by atoms with Crippen LogP contribution in [0.4, 0.5) is 0 Å². The van der Waals surface area contributed by atoms with Crippen LogP contribution in [0.5, 0.6) is 0 Å². The van der Waals surface area contributed by atoms with Gasteiger partial charge in [-0.15, -0.1) is 0 Å². The molecule has 0 atom stereocenters. The fourth-order valence-corrected chi connectivity index (χ4v) is 2.00. The molecule has 0 saturated carbocycles. The monoisotopic (exact) mass is 238 g/mol. The molecule has 0 fully saturated rings. The summed E-state index contributed by atoms with van der Waals surface area (Å²) in [5.74, 6) is -0.936. The number of aryl methyl sites for hydroxylation is 1. The number of carboxylic acid groups (broad SMARTS) is 1.